The average Bonchev–Trinajstić information content (AvgIpc) is 3.65. The number of benzene rings is 9. The lowest BCUT2D eigenvalue weighted by Crippen LogP contribution is -2.18. The molecular formula is C58H45N. The predicted octanol–water partition coefficient (Wildman–Crippen LogP) is 15.9. The molecular weight excluding hydrogens is 711 g/mol. The van der Waals surface area contributed by atoms with E-state index in [1.54, 1.807) is 0 Å². The van der Waals surface area contributed by atoms with Crippen LogP contribution in [0.5, 0.6) is 0 Å². The van der Waals surface area contributed by atoms with Gasteiger partial charge >= 0.3 is 0 Å². The van der Waals surface area contributed by atoms with Gasteiger partial charge in [0.2, 0.25) is 0 Å². The Morgan fingerprint density at radius 1 is 0.271 bits per heavy atom. The third-order valence-electron chi connectivity index (χ3n) is 13.3. The van der Waals surface area contributed by atoms with Crippen molar-refractivity contribution in [2.45, 2.75) is 38.5 Å². The Balaban J connectivity index is 0.969. The molecule has 0 fully saturated rings. The lowest BCUT2D eigenvalue weighted by Gasteiger charge is -2.30. The minimum atomic E-state index is -0.188. The van der Waals surface area contributed by atoms with Crippen molar-refractivity contribution < 1.29 is 0 Å². The number of nitrogens with zero attached hydrogens (tertiary/aromatic N) is 1. The maximum absolute atomic E-state index is 2.45. The number of fused-ring (bicyclic) bond motifs is 7. The van der Waals surface area contributed by atoms with Crippen LogP contribution in [0.25, 0.3) is 66.4 Å². The molecule has 9 aromatic carbocycles. The van der Waals surface area contributed by atoms with E-state index in [4.69, 9.17) is 0 Å². The molecule has 0 saturated heterocycles. The molecule has 59 heavy (non-hydrogen) atoms. The van der Waals surface area contributed by atoms with Crippen LogP contribution in [0.3, 0.4) is 0 Å². The van der Waals surface area contributed by atoms with Crippen LogP contribution in [0.1, 0.15) is 49.9 Å². The smallest absolute Gasteiger partial charge is 0.0465 e. The lowest BCUT2D eigenvalue weighted by atomic mass is 9.81. The molecule has 11 rings (SSSR count). The van der Waals surface area contributed by atoms with Crippen molar-refractivity contribution >= 4 is 27.8 Å². The fourth-order valence-corrected chi connectivity index (χ4v) is 9.98. The highest BCUT2D eigenvalue weighted by molar-refractivity contribution is 5.91. The molecule has 9 aromatic rings. The minimum absolute atomic E-state index is 0.0964. The molecule has 2 aliphatic carbocycles. The van der Waals surface area contributed by atoms with Gasteiger partial charge in [-0.15, -0.1) is 0 Å². The van der Waals surface area contributed by atoms with E-state index in [9.17, 15) is 0 Å². The predicted molar refractivity (Wildman–Crippen MR) is 250 cm³/mol. The van der Waals surface area contributed by atoms with Crippen molar-refractivity contribution in [2.24, 2.45) is 0 Å². The Labute approximate surface area is 347 Å². The van der Waals surface area contributed by atoms with E-state index >= 15 is 0 Å². The molecule has 0 spiro atoms. The first-order valence-corrected chi connectivity index (χ1v) is 20.8. The van der Waals surface area contributed by atoms with Crippen LogP contribution in [0.4, 0.5) is 17.1 Å². The Bertz CT molecular complexity index is 3080. The summed E-state index contributed by atoms with van der Waals surface area (Å²) in [5, 5.41) is 2.54. The van der Waals surface area contributed by atoms with Gasteiger partial charge < -0.3 is 4.90 Å². The van der Waals surface area contributed by atoms with E-state index in [1.165, 1.54) is 94.3 Å². The summed E-state index contributed by atoms with van der Waals surface area (Å²) in [4.78, 5) is 2.45. The van der Waals surface area contributed by atoms with E-state index in [0.717, 1.165) is 11.4 Å². The summed E-state index contributed by atoms with van der Waals surface area (Å²) in [5.74, 6) is 0. The number of rotatable bonds is 6. The van der Waals surface area contributed by atoms with Gasteiger partial charge in [-0.3, -0.25) is 0 Å². The number of anilines is 3. The molecule has 1 heteroatoms. The van der Waals surface area contributed by atoms with Gasteiger partial charge in [0.15, 0.2) is 0 Å². The van der Waals surface area contributed by atoms with Crippen molar-refractivity contribution in [2.75, 3.05) is 4.90 Å². The lowest BCUT2D eigenvalue weighted by molar-refractivity contribution is 0.660. The summed E-state index contributed by atoms with van der Waals surface area (Å²) in [5.41, 5.74) is 21.4. The molecule has 0 amide bonds. The largest absolute Gasteiger partial charge is 0.310 e. The van der Waals surface area contributed by atoms with Gasteiger partial charge in [-0.05, 0) is 137 Å². The molecule has 0 aliphatic heterocycles. The van der Waals surface area contributed by atoms with Gasteiger partial charge in [0.25, 0.3) is 0 Å². The summed E-state index contributed by atoms with van der Waals surface area (Å²) >= 11 is 0. The van der Waals surface area contributed by atoms with Gasteiger partial charge in [0.1, 0.15) is 0 Å². The second-order valence-electron chi connectivity index (χ2n) is 17.4. The van der Waals surface area contributed by atoms with Crippen LogP contribution in [-0.2, 0) is 10.8 Å². The summed E-state index contributed by atoms with van der Waals surface area (Å²) in [7, 11) is 0. The molecule has 0 heterocycles. The minimum Gasteiger partial charge on any atom is -0.310 e. The fraction of sp³-hybridized carbons (Fsp3) is 0.103. The summed E-state index contributed by atoms with van der Waals surface area (Å²) in [6.45, 7) is 9.51. The van der Waals surface area contributed by atoms with Crippen molar-refractivity contribution in [1.29, 1.82) is 0 Å². The van der Waals surface area contributed by atoms with Crippen molar-refractivity contribution in [3.05, 3.63) is 222 Å². The standard InChI is InChI=1S/C58H45N/c1-57(2)53-17-11-10-16-49(53)51-32-29-47(36-55(51)57)59(46-27-24-40(25-28-46)38-12-6-5-7-13-38)48-30-33-52-50-31-26-45(35-54(50)58(3,4)56(52)37-48)42-20-18-41(19-21-42)44-23-22-39-14-8-9-15-43(39)34-44/h5-37H,1-4H3. The molecule has 0 bridgehead atoms. The molecule has 0 N–H and O–H groups in total. The molecule has 0 unspecified atom stereocenters. The highest BCUT2D eigenvalue weighted by atomic mass is 15.1. The first kappa shape index (κ1) is 35.2. The van der Waals surface area contributed by atoms with Crippen LogP contribution in [0.2, 0.25) is 0 Å². The monoisotopic (exact) mass is 755 g/mol. The Morgan fingerprint density at radius 2 is 0.678 bits per heavy atom. The van der Waals surface area contributed by atoms with Gasteiger partial charge in [-0.25, -0.2) is 0 Å². The zero-order chi connectivity index (χ0) is 39.9. The first-order valence-electron chi connectivity index (χ1n) is 20.8. The van der Waals surface area contributed by atoms with E-state index in [-0.39, 0.29) is 10.8 Å². The van der Waals surface area contributed by atoms with E-state index in [1.807, 2.05) is 0 Å². The topological polar surface area (TPSA) is 3.24 Å². The number of hydrogen-bond donors (Lipinski definition) is 0. The Kier molecular flexibility index (Phi) is 7.94. The summed E-state index contributed by atoms with van der Waals surface area (Å²) in [6, 6.07) is 74.3. The molecule has 0 aromatic heterocycles. The maximum Gasteiger partial charge on any atom is 0.0465 e. The quantitative estimate of drug-likeness (QED) is 0.163. The molecule has 1 nitrogen and oxygen atoms in total. The molecule has 0 saturated carbocycles. The van der Waals surface area contributed by atoms with E-state index in [2.05, 4.69) is 233 Å². The molecule has 2 aliphatic rings. The summed E-state index contributed by atoms with van der Waals surface area (Å²) < 4.78 is 0. The zero-order valence-corrected chi connectivity index (χ0v) is 34.0. The normalized spacial score (nSPS) is 14.0. The summed E-state index contributed by atoms with van der Waals surface area (Å²) in [6.07, 6.45) is 0. The van der Waals surface area contributed by atoms with Crippen LogP contribution >= 0.6 is 0 Å². The third-order valence-corrected chi connectivity index (χ3v) is 13.3. The Morgan fingerprint density at radius 3 is 1.34 bits per heavy atom. The average molecular weight is 756 g/mol. The fourth-order valence-electron chi connectivity index (χ4n) is 9.98. The highest BCUT2D eigenvalue weighted by Crippen LogP contribution is 2.53. The Hall–Kier alpha value is -6.96. The van der Waals surface area contributed by atoms with E-state index < -0.39 is 0 Å². The van der Waals surface area contributed by atoms with Gasteiger partial charge in [0.05, 0.1) is 0 Å². The molecule has 0 radical (unpaired) electrons. The van der Waals surface area contributed by atoms with Gasteiger partial charge in [0, 0.05) is 27.9 Å². The molecule has 282 valence electrons. The van der Waals surface area contributed by atoms with Crippen molar-refractivity contribution in [3.63, 3.8) is 0 Å². The second kappa shape index (κ2) is 13.3. The van der Waals surface area contributed by atoms with Crippen LogP contribution in [0, 0.1) is 0 Å². The van der Waals surface area contributed by atoms with Crippen molar-refractivity contribution in [1.82, 2.24) is 0 Å². The van der Waals surface area contributed by atoms with Gasteiger partial charge in [-0.2, -0.15) is 0 Å². The van der Waals surface area contributed by atoms with E-state index in [0.29, 0.717) is 0 Å². The highest BCUT2D eigenvalue weighted by Gasteiger charge is 2.38. The molecule has 0 atom stereocenters. The third kappa shape index (κ3) is 5.68. The maximum atomic E-state index is 2.45. The van der Waals surface area contributed by atoms with Crippen LogP contribution in [0.15, 0.2) is 200 Å². The SMILES string of the molecule is CC1(C)c2ccccc2-c2ccc(N(c3ccc(-c4ccccc4)cc3)c3ccc4c(c3)C(C)(C)c3cc(-c5ccc(-c6ccc7ccccc7c6)cc5)ccc3-4)cc21. The number of hydrogen-bond acceptors (Lipinski definition) is 1. The van der Waals surface area contributed by atoms with Crippen LogP contribution < -0.4 is 4.90 Å². The second-order valence-corrected chi connectivity index (χ2v) is 17.4. The first-order chi connectivity index (χ1) is 28.7. The van der Waals surface area contributed by atoms with Gasteiger partial charge in [-0.1, -0.05) is 179 Å². The zero-order valence-electron chi connectivity index (χ0n) is 34.0. The van der Waals surface area contributed by atoms with Crippen LogP contribution in [-0.4, -0.2) is 0 Å². The van der Waals surface area contributed by atoms with Crippen molar-refractivity contribution in [3.8, 4) is 55.6 Å².